The molecule has 0 unspecified atom stereocenters. The Bertz CT molecular complexity index is 469. The number of nitrogens with zero attached hydrogens (tertiary/aromatic N) is 1. The summed E-state index contributed by atoms with van der Waals surface area (Å²) in [7, 11) is 0.597. The Hall–Kier alpha value is -0.470. The van der Waals surface area contributed by atoms with Crippen molar-refractivity contribution >= 4 is 21.4 Å². The summed E-state index contributed by atoms with van der Waals surface area (Å²) in [5.41, 5.74) is 0. The molecule has 0 amide bonds. The highest BCUT2D eigenvalue weighted by atomic mass is 32.2. The molecule has 2 N–H and O–H groups in total. The summed E-state index contributed by atoms with van der Waals surface area (Å²) >= 11 is 1.47. The van der Waals surface area contributed by atoms with Crippen molar-refractivity contribution in [1.29, 1.82) is 0 Å². The van der Waals surface area contributed by atoms with Gasteiger partial charge in [0.25, 0.3) is 0 Å². The summed E-state index contributed by atoms with van der Waals surface area (Å²) in [6, 6.07) is 1.74. The van der Waals surface area contributed by atoms with Crippen molar-refractivity contribution in [3.05, 3.63) is 16.3 Å². The van der Waals surface area contributed by atoms with Crippen LogP contribution in [-0.2, 0) is 16.6 Å². The topological polar surface area (TPSA) is 61.4 Å². The van der Waals surface area contributed by atoms with Crippen molar-refractivity contribution in [2.45, 2.75) is 24.8 Å². The summed E-state index contributed by atoms with van der Waals surface area (Å²) in [6.07, 6.45) is 0.806. The average molecular weight is 305 g/mol. The first-order valence-electron chi connectivity index (χ1n) is 6.38. The average Bonchev–Trinajstić information content (AvgIpc) is 2.81. The quantitative estimate of drug-likeness (QED) is 0.671. The minimum absolute atomic E-state index is 0.371. The van der Waals surface area contributed by atoms with Gasteiger partial charge in [0.15, 0.2) is 0 Å². The third kappa shape index (κ3) is 6.01. The molecule has 5 nitrogen and oxygen atoms in total. The molecule has 7 heteroatoms. The summed E-state index contributed by atoms with van der Waals surface area (Å²) in [5.74, 6) is 0. The van der Waals surface area contributed by atoms with Crippen LogP contribution >= 0.6 is 11.3 Å². The molecule has 0 atom stereocenters. The monoisotopic (exact) mass is 305 g/mol. The first-order chi connectivity index (χ1) is 8.95. The van der Waals surface area contributed by atoms with Crippen LogP contribution in [0.3, 0.4) is 0 Å². The van der Waals surface area contributed by atoms with E-state index in [1.54, 1.807) is 11.4 Å². The number of nitrogens with one attached hydrogen (secondary N) is 2. The Morgan fingerprint density at radius 1 is 1.37 bits per heavy atom. The van der Waals surface area contributed by atoms with Crippen LogP contribution in [0, 0.1) is 0 Å². The normalized spacial score (nSPS) is 12.2. The molecule has 1 aromatic rings. The Morgan fingerprint density at radius 3 is 2.74 bits per heavy atom. The molecule has 0 spiro atoms. The van der Waals surface area contributed by atoms with Crippen molar-refractivity contribution in [3.8, 4) is 0 Å². The number of rotatable bonds is 9. The van der Waals surface area contributed by atoms with Gasteiger partial charge >= 0.3 is 0 Å². The SMILES string of the molecule is CCNCc1cc(S(=O)(=O)NCCCN(C)C)cs1. The number of thiophene rings is 1. The van der Waals surface area contributed by atoms with Crippen molar-refractivity contribution in [2.75, 3.05) is 33.7 Å². The molecule has 1 aromatic heterocycles. The fourth-order valence-corrected chi connectivity index (χ4v) is 3.85. The molecule has 0 saturated carbocycles. The predicted molar refractivity (Wildman–Crippen MR) is 80.1 cm³/mol. The summed E-state index contributed by atoms with van der Waals surface area (Å²) in [4.78, 5) is 3.44. The van der Waals surface area contributed by atoms with Crippen LogP contribution in [0.4, 0.5) is 0 Å². The molecule has 110 valence electrons. The molecule has 19 heavy (non-hydrogen) atoms. The molecule has 0 bridgehead atoms. The summed E-state index contributed by atoms with van der Waals surface area (Å²) in [5, 5.41) is 4.88. The fourth-order valence-electron chi connectivity index (χ4n) is 1.53. The second-order valence-electron chi connectivity index (χ2n) is 4.58. The Morgan fingerprint density at radius 2 is 2.11 bits per heavy atom. The maximum Gasteiger partial charge on any atom is 0.241 e. The van der Waals surface area contributed by atoms with Crippen LogP contribution in [-0.4, -0.2) is 47.0 Å². The number of sulfonamides is 1. The van der Waals surface area contributed by atoms with E-state index >= 15 is 0 Å². The van der Waals surface area contributed by atoms with Crippen molar-refractivity contribution in [2.24, 2.45) is 0 Å². The first-order valence-corrected chi connectivity index (χ1v) is 8.74. The summed E-state index contributed by atoms with van der Waals surface area (Å²) < 4.78 is 26.7. The molecule has 0 fully saturated rings. The lowest BCUT2D eigenvalue weighted by Gasteiger charge is -2.09. The molecular weight excluding hydrogens is 282 g/mol. The highest BCUT2D eigenvalue weighted by molar-refractivity contribution is 7.89. The highest BCUT2D eigenvalue weighted by Crippen LogP contribution is 2.18. The van der Waals surface area contributed by atoms with E-state index in [9.17, 15) is 8.42 Å². The van der Waals surface area contributed by atoms with Gasteiger partial charge in [-0.25, -0.2) is 13.1 Å². The maximum atomic E-state index is 12.0. The van der Waals surface area contributed by atoms with E-state index in [1.165, 1.54) is 11.3 Å². The number of hydrogen-bond donors (Lipinski definition) is 2. The molecule has 0 aliphatic rings. The van der Waals surface area contributed by atoms with Gasteiger partial charge < -0.3 is 10.2 Å². The Balaban J connectivity index is 2.50. The van der Waals surface area contributed by atoms with Gasteiger partial charge in [-0.1, -0.05) is 6.92 Å². The molecule has 0 aliphatic heterocycles. The third-order valence-electron chi connectivity index (χ3n) is 2.56. The summed E-state index contributed by atoms with van der Waals surface area (Å²) in [6.45, 7) is 4.97. The fraction of sp³-hybridized carbons (Fsp3) is 0.667. The lowest BCUT2D eigenvalue weighted by Crippen LogP contribution is -2.27. The lowest BCUT2D eigenvalue weighted by atomic mass is 10.4. The molecule has 1 heterocycles. The van der Waals surface area contributed by atoms with E-state index < -0.39 is 10.0 Å². The zero-order valence-electron chi connectivity index (χ0n) is 11.8. The van der Waals surface area contributed by atoms with E-state index in [-0.39, 0.29) is 0 Å². The molecular formula is C12H23N3O2S2. The van der Waals surface area contributed by atoms with E-state index in [4.69, 9.17) is 0 Å². The molecule has 0 radical (unpaired) electrons. The molecule has 1 rings (SSSR count). The van der Waals surface area contributed by atoms with Gasteiger partial charge in [0.2, 0.25) is 10.0 Å². The smallest absolute Gasteiger partial charge is 0.241 e. The van der Waals surface area contributed by atoms with E-state index in [0.29, 0.717) is 11.4 Å². The van der Waals surface area contributed by atoms with Gasteiger partial charge in [-0.15, -0.1) is 11.3 Å². The Kier molecular flexibility index (Phi) is 6.95. The van der Waals surface area contributed by atoms with Crippen LogP contribution in [0.1, 0.15) is 18.2 Å². The van der Waals surface area contributed by atoms with Gasteiger partial charge in [-0.2, -0.15) is 0 Å². The van der Waals surface area contributed by atoms with E-state index in [1.807, 2.05) is 25.9 Å². The van der Waals surface area contributed by atoms with Crippen molar-refractivity contribution < 1.29 is 8.42 Å². The van der Waals surface area contributed by atoms with Gasteiger partial charge in [-0.3, -0.25) is 0 Å². The largest absolute Gasteiger partial charge is 0.312 e. The van der Waals surface area contributed by atoms with Crippen LogP contribution in [0.2, 0.25) is 0 Å². The third-order valence-corrected chi connectivity index (χ3v) is 5.09. The zero-order valence-corrected chi connectivity index (χ0v) is 13.4. The first kappa shape index (κ1) is 16.6. The second kappa shape index (κ2) is 7.96. The lowest BCUT2D eigenvalue weighted by molar-refractivity contribution is 0.400. The standard InChI is InChI=1S/C12H23N3O2S2/c1-4-13-9-11-8-12(10-18-11)19(16,17)14-6-5-7-15(2)3/h8,10,13-14H,4-7,9H2,1-3H3. The van der Waals surface area contributed by atoms with Gasteiger partial charge in [0, 0.05) is 23.3 Å². The van der Waals surface area contributed by atoms with Crippen molar-refractivity contribution in [3.63, 3.8) is 0 Å². The zero-order chi connectivity index (χ0) is 14.3. The van der Waals surface area contributed by atoms with Crippen molar-refractivity contribution in [1.82, 2.24) is 14.9 Å². The molecule has 0 aliphatic carbocycles. The molecule has 0 saturated heterocycles. The van der Waals surface area contributed by atoms with Crippen LogP contribution in [0.5, 0.6) is 0 Å². The van der Waals surface area contributed by atoms with Gasteiger partial charge in [0.1, 0.15) is 0 Å². The van der Waals surface area contributed by atoms with E-state index in [0.717, 1.165) is 30.9 Å². The Labute approximate surface area is 120 Å². The number of hydrogen-bond acceptors (Lipinski definition) is 5. The van der Waals surface area contributed by atoms with Gasteiger partial charge in [-0.05, 0) is 39.7 Å². The highest BCUT2D eigenvalue weighted by Gasteiger charge is 2.15. The minimum Gasteiger partial charge on any atom is -0.312 e. The van der Waals surface area contributed by atoms with Crippen LogP contribution in [0.15, 0.2) is 16.3 Å². The minimum atomic E-state index is -3.35. The van der Waals surface area contributed by atoms with E-state index in [2.05, 4.69) is 10.0 Å². The predicted octanol–water partition coefficient (Wildman–Crippen LogP) is 1.09. The van der Waals surface area contributed by atoms with Crippen LogP contribution in [0.25, 0.3) is 0 Å². The molecule has 0 aromatic carbocycles. The maximum absolute atomic E-state index is 12.0. The second-order valence-corrected chi connectivity index (χ2v) is 7.35. The van der Waals surface area contributed by atoms with Crippen LogP contribution < -0.4 is 10.0 Å². The van der Waals surface area contributed by atoms with Gasteiger partial charge in [0.05, 0.1) is 4.90 Å².